The van der Waals surface area contributed by atoms with Crippen LogP contribution in [0.4, 0.5) is 5.69 Å². The van der Waals surface area contributed by atoms with Crippen LogP contribution in [0.25, 0.3) is 11.3 Å². The molecule has 3 heterocycles. The molecule has 1 saturated heterocycles. The van der Waals surface area contributed by atoms with Crippen LogP contribution in [0.1, 0.15) is 83.4 Å². The molecule has 7 nitrogen and oxygen atoms in total. The van der Waals surface area contributed by atoms with Gasteiger partial charge >= 0.3 is 5.97 Å². The van der Waals surface area contributed by atoms with Crippen LogP contribution in [0.2, 0.25) is 0 Å². The summed E-state index contributed by atoms with van der Waals surface area (Å²) in [5.41, 5.74) is 4.50. The number of aliphatic carboxylic acids is 1. The maximum atomic E-state index is 12.1. The molecule has 2 aromatic heterocycles. The number of anilines is 1. The number of aromatic nitrogens is 2. The van der Waals surface area contributed by atoms with E-state index in [0.29, 0.717) is 11.0 Å². The molecule has 3 aromatic rings. The van der Waals surface area contributed by atoms with Gasteiger partial charge in [0, 0.05) is 36.6 Å². The van der Waals surface area contributed by atoms with Crippen LogP contribution >= 0.6 is 0 Å². The fourth-order valence-electron chi connectivity index (χ4n) is 4.85. The molecule has 2 atom stereocenters. The second-order valence-electron chi connectivity index (χ2n) is 12.2. The Labute approximate surface area is 232 Å². The predicted molar refractivity (Wildman–Crippen MR) is 154 cm³/mol. The molecule has 0 unspecified atom stereocenters. The van der Waals surface area contributed by atoms with Crippen molar-refractivity contribution < 1.29 is 19.4 Å². The number of hydrogen-bond donors (Lipinski definition) is 1. The first-order valence-corrected chi connectivity index (χ1v) is 13.7. The highest BCUT2D eigenvalue weighted by Crippen LogP contribution is 2.41. The third kappa shape index (κ3) is 7.15. The fourth-order valence-corrected chi connectivity index (χ4v) is 4.85. The lowest BCUT2D eigenvalue weighted by atomic mass is 9.82. The predicted octanol–water partition coefficient (Wildman–Crippen LogP) is 7.16. The van der Waals surface area contributed by atoms with Gasteiger partial charge in [-0.15, -0.1) is 0 Å². The minimum Gasteiger partial charge on any atom is -0.482 e. The van der Waals surface area contributed by atoms with E-state index in [9.17, 15) is 9.90 Å². The zero-order valence-corrected chi connectivity index (χ0v) is 24.2. The molecule has 1 fully saturated rings. The quantitative estimate of drug-likeness (QED) is 0.330. The SMILES string of the molecule is Cc1nc(-c2cncc([C@H](OC(C)(C)C)C(=O)O)c2)cc(N2CCC(C)(C)CC2)c1O[C@@H](C)c1ccccc1. The van der Waals surface area contributed by atoms with Crippen molar-refractivity contribution in [1.29, 1.82) is 0 Å². The van der Waals surface area contributed by atoms with Crippen molar-refractivity contribution in [2.75, 3.05) is 18.0 Å². The zero-order chi connectivity index (χ0) is 28.4. The summed E-state index contributed by atoms with van der Waals surface area (Å²) >= 11 is 0. The normalized spacial score (nSPS) is 16.9. The number of piperidine rings is 1. The molecular formula is C32H41N3O4. The molecule has 1 N–H and O–H groups in total. The van der Waals surface area contributed by atoms with Crippen molar-refractivity contribution in [2.45, 2.75) is 79.1 Å². The van der Waals surface area contributed by atoms with Crippen molar-refractivity contribution in [3.05, 3.63) is 71.7 Å². The average molecular weight is 532 g/mol. The molecule has 4 rings (SSSR count). The third-order valence-electron chi connectivity index (χ3n) is 7.20. The maximum Gasteiger partial charge on any atom is 0.337 e. The summed E-state index contributed by atoms with van der Waals surface area (Å²) in [7, 11) is 0. The van der Waals surface area contributed by atoms with Crippen molar-refractivity contribution in [3.8, 4) is 17.0 Å². The molecule has 1 aromatic carbocycles. The van der Waals surface area contributed by atoms with E-state index in [2.05, 4.69) is 48.9 Å². The fraction of sp³-hybridized carbons (Fsp3) is 0.469. The van der Waals surface area contributed by atoms with Gasteiger partial charge in [-0.3, -0.25) is 4.98 Å². The molecule has 1 aliphatic heterocycles. The van der Waals surface area contributed by atoms with Crippen LogP contribution < -0.4 is 9.64 Å². The first kappa shape index (κ1) is 28.6. The number of carbonyl (C=O) groups is 1. The largest absolute Gasteiger partial charge is 0.482 e. The second kappa shape index (κ2) is 11.3. The lowest BCUT2D eigenvalue weighted by Gasteiger charge is -2.39. The highest BCUT2D eigenvalue weighted by Gasteiger charge is 2.30. The van der Waals surface area contributed by atoms with Gasteiger partial charge in [-0.05, 0) is 70.6 Å². The molecular weight excluding hydrogens is 490 g/mol. The van der Waals surface area contributed by atoms with Crippen LogP contribution in [0.3, 0.4) is 0 Å². The molecule has 208 valence electrons. The minimum atomic E-state index is -1.13. The summed E-state index contributed by atoms with van der Waals surface area (Å²) in [6.07, 6.45) is 4.16. The van der Waals surface area contributed by atoms with E-state index in [0.717, 1.165) is 59.9 Å². The number of aryl methyl sites for hydroxylation is 1. The van der Waals surface area contributed by atoms with Gasteiger partial charge in [-0.1, -0.05) is 44.2 Å². The number of hydrogen-bond acceptors (Lipinski definition) is 6. The number of carboxylic acids is 1. The smallest absolute Gasteiger partial charge is 0.337 e. The summed E-state index contributed by atoms with van der Waals surface area (Å²) in [5, 5.41) is 9.87. The lowest BCUT2D eigenvalue weighted by Crippen LogP contribution is -2.37. The molecule has 0 spiro atoms. The van der Waals surface area contributed by atoms with Crippen LogP contribution in [-0.2, 0) is 9.53 Å². The van der Waals surface area contributed by atoms with Gasteiger partial charge in [0.1, 0.15) is 6.10 Å². The van der Waals surface area contributed by atoms with E-state index in [-0.39, 0.29) is 6.10 Å². The Hall–Kier alpha value is -3.45. The van der Waals surface area contributed by atoms with Gasteiger partial charge in [0.15, 0.2) is 11.9 Å². The Bertz CT molecular complexity index is 1290. The Morgan fingerprint density at radius 2 is 1.72 bits per heavy atom. The maximum absolute atomic E-state index is 12.1. The molecule has 0 radical (unpaired) electrons. The molecule has 1 aliphatic rings. The van der Waals surface area contributed by atoms with Crippen LogP contribution in [0, 0.1) is 12.3 Å². The number of rotatable bonds is 8. The Kier molecular flexibility index (Phi) is 8.31. The molecule has 0 bridgehead atoms. The summed E-state index contributed by atoms with van der Waals surface area (Å²) in [4.78, 5) is 23.7. The van der Waals surface area contributed by atoms with Crippen molar-refractivity contribution in [3.63, 3.8) is 0 Å². The Morgan fingerprint density at radius 3 is 2.33 bits per heavy atom. The molecule has 0 saturated carbocycles. The van der Waals surface area contributed by atoms with Crippen molar-refractivity contribution in [2.24, 2.45) is 5.41 Å². The van der Waals surface area contributed by atoms with Gasteiger partial charge in [-0.2, -0.15) is 0 Å². The molecule has 39 heavy (non-hydrogen) atoms. The standard InChI is InChI=1S/C32H41N3O4/c1-21-28(38-22(2)23-11-9-8-10-12-23)27(35-15-13-32(6,7)14-16-35)18-26(34-21)24-17-25(20-33-19-24)29(30(36)37)39-31(3,4)5/h8-12,17-20,22,29H,13-16H2,1-7H3,(H,36,37)/t22-,29-/m0/s1. The van der Waals surface area contributed by atoms with Crippen molar-refractivity contribution >= 4 is 11.7 Å². The molecule has 0 amide bonds. The van der Waals surface area contributed by atoms with E-state index in [1.54, 1.807) is 12.4 Å². The van der Waals surface area contributed by atoms with E-state index in [1.165, 1.54) is 0 Å². The van der Waals surface area contributed by atoms with Crippen molar-refractivity contribution in [1.82, 2.24) is 9.97 Å². The number of pyridine rings is 2. The van der Waals surface area contributed by atoms with Crippen LogP contribution in [-0.4, -0.2) is 39.7 Å². The first-order valence-electron chi connectivity index (χ1n) is 13.7. The van der Waals surface area contributed by atoms with E-state index >= 15 is 0 Å². The van der Waals surface area contributed by atoms with E-state index < -0.39 is 17.7 Å². The number of ether oxygens (including phenoxy) is 2. The van der Waals surface area contributed by atoms with Gasteiger partial charge in [0.25, 0.3) is 0 Å². The summed E-state index contributed by atoms with van der Waals surface area (Å²) in [6.45, 7) is 16.0. The minimum absolute atomic E-state index is 0.145. The number of nitrogens with zero attached hydrogens (tertiary/aromatic N) is 3. The highest BCUT2D eigenvalue weighted by atomic mass is 16.5. The van der Waals surface area contributed by atoms with Gasteiger partial charge in [0.2, 0.25) is 0 Å². The summed E-state index contributed by atoms with van der Waals surface area (Å²) in [6, 6.07) is 14.0. The van der Waals surface area contributed by atoms with Crippen LogP contribution in [0.5, 0.6) is 5.75 Å². The third-order valence-corrected chi connectivity index (χ3v) is 7.20. The number of carboxylic acid groups (broad SMARTS) is 1. The Morgan fingerprint density at radius 1 is 1.05 bits per heavy atom. The summed E-state index contributed by atoms with van der Waals surface area (Å²) in [5.74, 6) is -0.276. The van der Waals surface area contributed by atoms with Gasteiger partial charge in [-0.25, -0.2) is 9.78 Å². The second-order valence-corrected chi connectivity index (χ2v) is 12.2. The van der Waals surface area contributed by atoms with Gasteiger partial charge in [0.05, 0.1) is 22.7 Å². The zero-order valence-electron chi connectivity index (χ0n) is 24.2. The lowest BCUT2D eigenvalue weighted by molar-refractivity contribution is -0.160. The summed E-state index contributed by atoms with van der Waals surface area (Å²) < 4.78 is 12.4. The number of benzene rings is 1. The molecule has 7 heteroatoms. The monoisotopic (exact) mass is 531 g/mol. The van der Waals surface area contributed by atoms with Crippen LogP contribution in [0.15, 0.2) is 54.9 Å². The van der Waals surface area contributed by atoms with E-state index in [1.807, 2.05) is 52.0 Å². The topological polar surface area (TPSA) is 84.8 Å². The first-order chi connectivity index (χ1) is 18.3. The average Bonchev–Trinajstić information content (AvgIpc) is 2.88. The Balaban J connectivity index is 1.75. The van der Waals surface area contributed by atoms with E-state index in [4.69, 9.17) is 14.5 Å². The highest BCUT2D eigenvalue weighted by molar-refractivity contribution is 5.76. The molecule has 0 aliphatic carbocycles. The van der Waals surface area contributed by atoms with Gasteiger partial charge < -0.3 is 19.5 Å².